The minimum absolute atomic E-state index is 0.225. The van der Waals surface area contributed by atoms with E-state index in [4.69, 9.17) is 11.6 Å². The molecule has 0 spiro atoms. The Morgan fingerprint density at radius 3 is 2.39 bits per heavy atom. The lowest BCUT2D eigenvalue weighted by atomic mass is 10.1. The number of aromatic nitrogens is 2. The first-order valence-corrected chi connectivity index (χ1v) is 7.54. The first-order valence-electron chi connectivity index (χ1n) is 7.17. The summed E-state index contributed by atoms with van der Waals surface area (Å²) in [5, 5.41) is 14.6. The molecule has 0 fully saturated rings. The van der Waals surface area contributed by atoms with Gasteiger partial charge in [0.2, 0.25) is 0 Å². The van der Waals surface area contributed by atoms with Crippen LogP contribution in [0.4, 0.5) is 0 Å². The van der Waals surface area contributed by atoms with Gasteiger partial charge in [0.15, 0.2) is 0 Å². The van der Waals surface area contributed by atoms with Crippen molar-refractivity contribution in [3.63, 3.8) is 0 Å². The lowest BCUT2D eigenvalue weighted by molar-refractivity contribution is 0.0697. The summed E-state index contributed by atoms with van der Waals surface area (Å²) in [6.45, 7) is 2.22. The highest BCUT2D eigenvalue weighted by molar-refractivity contribution is 6.30. The molecule has 0 unspecified atom stereocenters. The van der Waals surface area contributed by atoms with Crippen molar-refractivity contribution < 1.29 is 9.90 Å². The Kier molecular flexibility index (Phi) is 4.17. The monoisotopic (exact) mass is 326 g/mol. The molecular weight excluding hydrogens is 312 g/mol. The first-order chi connectivity index (χ1) is 11.1. The maximum Gasteiger partial charge on any atom is 0.339 e. The van der Waals surface area contributed by atoms with Crippen LogP contribution in [0.25, 0.3) is 11.3 Å². The zero-order valence-corrected chi connectivity index (χ0v) is 13.3. The fourth-order valence-electron chi connectivity index (χ4n) is 2.61. The molecule has 0 atom stereocenters. The number of aromatic carboxylic acids is 1. The van der Waals surface area contributed by atoms with Gasteiger partial charge in [0.25, 0.3) is 0 Å². The Balaban J connectivity index is 2.14. The van der Waals surface area contributed by atoms with Crippen molar-refractivity contribution >= 4 is 17.6 Å². The van der Waals surface area contributed by atoms with Crippen LogP contribution in [-0.4, -0.2) is 20.9 Å². The van der Waals surface area contributed by atoms with Gasteiger partial charge in [-0.15, -0.1) is 0 Å². The predicted octanol–water partition coefficient (Wildman–Crippen LogP) is 4.26. The Morgan fingerprint density at radius 2 is 1.78 bits per heavy atom. The van der Waals surface area contributed by atoms with Crippen molar-refractivity contribution in [3.05, 3.63) is 76.4 Å². The highest BCUT2D eigenvalue weighted by atomic mass is 35.5. The van der Waals surface area contributed by atoms with E-state index >= 15 is 0 Å². The highest BCUT2D eigenvalue weighted by Gasteiger charge is 2.22. The largest absolute Gasteiger partial charge is 0.478 e. The number of aryl methyl sites for hydroxylation is 1. The third kappa shape index (κ3) is 3.12. The average Bonchev–Trinajstić information content (AvgIpc) is 2.85. The zero-order chi connectivity index (χ0) is 16.4. The van der Waals surface area contributed by atoms with Gasteiger partial charge < -0.3 is 5.11 Å². The third-order valence-electron chi connectivity index (χ3n) is 3.63. The maximum absolute atomic E-state index is 11.7. The molecule has 0 aliphatic rings. The molecule has 0 saturated carbocycles. The molecule has 0 saturated heterocycles. The highest BCUT2D eigenvalue weighted by Crippen LogP contribution is 2.28. The normalized spacial score (nSPS) is 10.7. The number of carboxylic acid groups (broad SMARTS) is 1. The molecule has 0 bridgehead atoms. The van der Waals surface area contributed by atoms with Crippen molar-refractivity contribution in [2.24, 2.45) is 0 Å². The molecule has 0 radical (unpaired) electrons. The van der Waals surface area contributed by atoms with Crippen molar-refractivity contribution in [3.8, 4) is 11.3 Å². The van der Waals surface area contributed by atoms with Gasteiger partial charge in [-0.05, 0) is 24.6 Å². The Labute approximate surface area is 139 Å². The predicted molar refractivity (Wildman–Crippen MR) is 89.9 cm³/mol. The fraction of sp³-hybridized carbons (Fsp3) is 0.111. The molecule has 3 aromatic rings. The van der Waals surface area contributed by atoms with E-state index in [1.807, 2.05) is 42.5 Å². The quantitative estimate of drug-likeness (QED) is 0.779. The van der Waals surface area contributed by atoms with Crippen LogP contribution in [0.15, 0.2) is 54.6 Å². The number of nitrogens with zero attached hydrogens (tertiary/aromatic N) is 2. The van der Waals surface area contributed by atoms with Gasteiger partial charge in [-0.25, -0.2) is 4.79 Å². The van der Waals surface area contributed by atoms with Crippen LogP contribution in [0.2, 0.25) is 5.02 Å². The van der Waals surface area contributed by atoms with E-state index < -0.39 is 5.97 Å². The van der Waals surface area contributed by atoms with Crippen LogP contribution >= 0.6 is 11.6 Å². The van der Waals surface area contributed by atoms with Crippen LogP contribution in [0, 0.1) is 6.92 Å². The minimum Gasteiger partial charge on any atom is -0.478 e. The van der Waals surface area contributed by atoms with E-state index in [1.165, 1.54) is 0 Å². The number of carbonyl (C=O) groups is 1. The lowest BCUT2D eigenvalue weighted by Crippen LogP contribution is -2.06. The second-order valence-electron chi connectivity index (χ2n) is 5.26. The van der Waals surface area contributed by atoms with E-state index in [0.29, 0.717) is 23.0 Å². The molecule has 0 aliphatic heterocycles. The number of halogens is 1. The van der Waals surface area contributed by atoms with Crippen LogP contribution in [0.1, 0.15) is 21.6 Å². The first kappa shape index (κ1) is 15.3. The molecule has 5 heteroatoms. The van der Waals surface area contributed by atoms with E-state index in [2.05, 4.69) is 5.10 Å². The van der Waals surface area contributed by atoms with E-state index in [1.54, 1.807) is 23.7 Å². The molecule has 1 aromatic heterocycles. The molecule has 23 heavy (non-hydrogen) atoms. The Morgan fingerprint density at radius 1 is 1.13 bits per heavy atom. The Hall–Kier alpha value is -2.59. The zero-order valence-electron chi connectivity index (χ0n) is 12.5. The van der Waals surface area contributed by atoms with Gasteiger partial charge in [-0.2, -0.15) is 5.10 Å². The van der Waals surface area contributed by atoms with Crippen molar-refractivity contribution in [1.82, 2.24) is 9.78 Å². The Bertz CT molecular complexity index is 839. The molecule has 4 nitrogen and oxygen atoms in total. The average molecular weight is 327 g/mol. The number of hydrogen-bond donors (Lipinski definition) is 1. The summed E-state index contributed by atoms with van der Waals surface area (Å²) < 4.78 is 1.73. The second-order valence-corrected chi connectivity index (χ2v) is 5.70. The molecular formula is C18H15ClN2O2. The molecule has 0 amide bonds. The number of hydrogen-bond acceptors (Lipinski definition) is 2. The standard InChI is InChI=1S/C18H15ClN2O2/c1-12-16(18(22)23)17(14-7-9-15(19)10-8-14)21(20-12)11-13-5-3-2-4-6-13/h2-10H,11H2,1H3,(H,22,23). The number of rotatable bonds is 4. The van der Waals surface area contributed by atoms with Crippen LogP contribution in [0.5, 0.6) is 0 Å². The number of carboxylic acids is 1. The second kappa shape index (κ2) is 6.26. The van der Waals surface area contributed by atoms with Crippen molar-refractivity contribution in [2.45, 2.75) is 13.5 Å². The summed E-state index contributed by atoms with van der Waals surface area (Å²) in [5.41, 5.74) is 3.16. The minimum atomic E-state index is -0.980. The van der Waals surface area contributed by atoms with Gasteiger partial charge in [0.05, 0.1) is 17.9 Å². The summed E-state index contributed by atoms with van der Waals surface area (Å²) in [5.74, 6) is -0.980. The fourth-order valence-corrected chi connectivity index (χ4v) is 2.74. The topological polar surface area (TPSA) is 55.1 Å². The molecule has 1 heterocycles. The summed E-state index contributed by atoms with van der Waals surface area (Å²) in [6.07, 6.45) is 0. The van der Waals surface area contributed by atoms with Gasteiger partial charge in [0, 0.05) is 10.6 Å². The summed E-state index contributed by atoms with van der Waals surface area (Å²) >= 11 is 5.94. The maximum atomic E-state index is 11.7. The smallest absolute Gasteiger partial charge is 0.339 e. The lowest BCUT2D eigenvalue weighted by Gasteiger charge is -2.09. The molecule has 2 aromatic carbocycles. The van der Waals surface area contributed by atoms with Gasteiger partial charge >= 0.3 is 5.97 Å². The molecule has 1 N–H and O–H groups in total. The third-order valence-corrected chi connectivity index (χ3v) is 3.89. The van der Waals surface area contributed by atoms with Gasteiger partial charge in [-0.3, -0.25) is 4.68 Å². The van der Waals surface area contributed by atoms with E-state index in [-0.39, 0.29) is 5.56 Å². The van der Waals surface area contributed by atoms with Crippen LogP contribution in [0.3, 0.4) is 0 Å². The number of benzene rings is 2. The molecule has 0 aliphatic carbocycles. The van der Waals surface area contributed by atoms with E-state index in [0.717, 1.165) is 11.1 Å². The molecule has 116 valence electrons. The SMILES string of the molecule is Cc1nn(Cc2ccccc2)c(-c2ccc(Cl)cc2)c1C(=O)O. The van der Waals surface area contributed by atoms with Crippen molar-refractivity contribution in [2.75, 3.05) is 0 Å². The molecule has 3 rings (SSSR count). The summed E-state index contributed by atoms with van der Waals surface area (Å²) in [6, 6.07) is 16.9. The van der Waals surface area contributed by atoms with Crippen LogP contribution in [-0.2, 0) is 6.54 Å². The summed E-state index contributed by atoms with van der Waals surface area (Å²) in [4.78, 5) is 11.7. The summed E-state index contributed by atoms with van der Waals surface area (Å²) in [7, 11) is 0. The van der Waals surface area contributed by atoms with E-state index in [9.17, 15) is 9.90 Å². The van der Waals surface area contributed by atoms with Crippen LogP contribution < -0.4 is 0 Å². The van der Waals surface area contributed by atoms with Gasteiger partial charge in [-0.1, -0.05) is 54.1 Å². The van der Waals surface area contributed by atoms with Gasteiger partial charge in [0.1, 0.15) is 5.56 Å². The van der Waals surface area contributed by atoms with Crippen molar-refractivity contribution in [1.29, 1.82) is 0 Å².